The van der Waals surface area contributed by atoms with Crippen molar-refractivity contribution in [2.24, 2.45) is 0 Å². The number of piperazine rings is 1. The van der Waals surface area contributed by atoms with Gasteiger partial charge in [-0.1, -0.05) is 0 Å². The number of aromatic nitrogens is 5. The Hall–Kier alpha value is -3.51. The number of carbonyl (C=O) groups excluding carboxylic acids is 1. The standard InChI is InChI=1S/C25H27F3N8O/c1-35-8-10-36(11-9-35)13-19(37)31-24-21-18(32-34-24)7-6-17-20(21)14-4-2-3-5-15(14)22(30-17)16-12-29-33-23(16)25(26,27)28/h6-7,12H,2-5,8-11,13H2,1H3,(H,29,33)(H2,31,32,34,37). The van der Waals surface area contributed by atoms with Gasteiger partial charge in [-0.25, -0.2) is 4.98 Å². The summed E-state index contributed by atoms with van der Waals surface area (Å²) in [4.78, 5) is 22.0. The number of amides is 1. The number of fused-ring (bicyclic) bond motifs is 5. The number of alkyl halides is 3. The second kappa shape index (κ2) is 9.10. The first-order chi connectivity index (χ1) is 17.8. The highest BCUT2D eigenvalue weighted by molar-refractivity contribution is 6.15. The maximum Gasteiger partial charge on any atom is 0.435 e. The van der Waals surface area contributed by atoms with Crippen LogP contribution in [-0.2, 0) is 23.8 Å². The summed E-state index contributed by atoms with van der Waals surface area (Å²) in [6, 6.07) is 3.59. The van der Waals surface area contributed by atoms with E-state index in [0.717, 1.165) is 66.4 Å². The molecular weight excluding hydrogens is 485 g/mol. The van der Waals surface area contributed by atoms with E-state index in [2.05, 4.69) is 42.6 Å². The molecule has 1 saturated heterocycles. The Bertz CT molecular complexity index is 1480. The van der Waals surface area contributed by atoms with Crippen LogP contribution in [0.4, 0.5) is 19.0 Å². The fourth-order valence-electron chi connectivity index (χ4n) is 5.51. The second-order valence-corrected chi connectivity index (χ2v) is 9.85. The van der Waals surface area contributed by atoms with Crippen LogP contribution in [0.2, 0.25) is 0 Å². The maximum atomic E-state index is 13.7. The molecule has 1 aliphatic carbocycles. The average molecular weight is 513 g/mol. The summed E-state index contributed by atoms with van der Waals surface area (Å²) in [5.74, 6) is 0.267. The van der Waals surface area contributed by atoms with E-state index < -0.39 is 11.9 Å². The number of pyridine rings is 1. The lowest BCUT2D eigenvalue weighted by molar-refractivity contribution is -0.140. The third-order valence-corrected chi connectivity index (χ3v) is 7.38. The molecule has 0 radical (unpaired) electrons. The molecule has 2 aliphatic rings. The summed E-state index contributed by atoms with van der Waals surface area (Å²) in [5, 5.41) is 17.8. The molecule has 4 heterocycles. The Morgan fingerprint density at radius 1 is 1.05 bits per heavy atom. The van der Waals surface area contributed by atoms with Crippen LogP contribution in [0.3, 0.4) is 0 Å². The highest BCUT2D eigenvalue weighted by atomic mass is 19.4. The molecule has 12 heteroatoms. The normalized spacial score (nSPS) is 17.4. The molecule has 0 spiro atoms. The fraction of sp³-hybridized carbons (Fsp3) is 0.440. The summed E-state index contributed by atoms with van der Waals surface area (Å²) in [7, 11) is 2.06. The van der Waals surface area contributed by atoms with Crippen LogP contribution in [0.1, 0.15) is 29.7 Å². The number of nitrogens with zero attached hydrogens (tertiary/aromatic N) is 5. The highest BCUT2D eigenvalue weighted by Crippen LogP contribution is 2.42. The summed E-state index contributed by atoms with van der Waals surface area (Å²) in [6.45, 7) is 3.74. The first kappa shape index (κ1) is 23.9. The van der Waals surface area contributed by atoms with Crippen molar-refractivity contribution < 1.29 is 18.0 Å². The molecule has 1 aromatic carbocycles. The van der Waals surface area contributed by atoms with Crippen molar-refractivity contribution >= 4 is 33.5 Å². The van der Waals surface area contributed by atoms with Gasteiger partial charge in [-0.2, -0.15) is 23.4 Å². The Labute approximate surface area is 210 Å². The zero-order valence-corrected chi connectivity index (χ0v) is 20.4. The lowest BCUT2D eigenvalue weighted by atomic mass is 9.85. The molecule has 1 aliphatic heterocycles. The van der Waals surface area contributed by atoms with Gasteiger partial charge >= 0.3 is 6.18 Å². The largest absolute Gasteiger partial charge is 0.435 e. The molecule has 0 bridgehead atoms. The Morgan fingerprint density at radius 3 is 2.57 bits per heavy atom. The molecule has 0 atom stereocenters. The number of H-pyrrole nitrogens is 2. The molecule has 4 aromatic rings. The number of hydrogen-bond donors (Lipinski definition) is 3. The van der Waals surface area contributed by atoms with E-state index in [1.54, 1.807) is 12.1 Å². The number of aromatic amines is 2. The van der Waals surface area contributed by atoms with Crippen molar-refractivity contribution in [1.29, 1.82) is 0 Å². The fourth-order valence-corrected chi connectivity index (χ4v) is 5.51. The number of halogens is 3. The summed E-state index contributed by atoms with van der Waals surface area (Å²) >= 11 is 0. The Kier molecular flexibility index (Phi) is 5.87. The number of rotatable bonds is 4. The van der Waals surface area contributed by atoms with Crippen molar-refractivity contribution in [3.8, 4) is 11.3 Å². The SMILES string of the molecule is CN1CCN(CC(=O)Nc2n[nH]c3ccc4nc(-c5c[nH]nc5C(F)(F)F)c5c(c4c23)CCCC5)CC1. The van der Waals surface area contributed by atoms with Gasteiger partial charge in [0.05, 0.1) is 34.2 Å². The van der Waals surface area contributed by atoms with Gasteiger partial charge in [-0.15, -0.1) is 0 Å². The summed E-state index contributed by atoms with van der Waals surface area (Å²) in [5.41, 5.74) is 2.37. The average Bonchev–Trinajstić information content (AvgIpc) is 3.52. The van der Waals surface area contributed by atoms with Gasteiger partial charge in [0.25, 0.3) is 0 Å². The zero-order chi connectivity index (χ0) is 25.7. The lowest BCUT2D eigenvalue weighted by Crippen LogP contribution is -2.47. The first-order valence-corrected chi connectivity index (χ1v) is 12.4. The minimum absolute atomic E-state index is 0.0412. The van der Waals surface area contributed by atoms with Crippen LogP contribution in [0.15, 0.2) is 18.3 Å². The molecule has 1 fully saturated rings. The Morgan fingerprint density at radius 2 is 1.81 bits per heavy atom. The van der Waals surface area contributed by atoms with E-state index in [4.69, 9.17) is 4.98 Å². The zero-order valence-electron chi connectivity index (χ0n) is 20.4. The summed E-state index contributed by atoms with van der Waals surface area (Å²) < 4.78 is 41.0. The van der Waals surface area contributed by atoms with Crippen LogP contribution >= 0.6 is 0 Å². The van der Waals surface area contributed by atoms with E-state index in [0.29, 0.717) is 29.9 Å². The lowest BCUT2D eigenvalue weighted by Gasteiger charge is -2.31. The van der Waals surface area contributed by atoms with Crippen molar-refractivity contribution in [2.45, 2.75) is 31.9 Å². The smallest absolute Gasteiger partial charge is 0.308 e. The molecular formula is C25H27F3N8O. The van der Waals surface area contributed by atoms with Gasteiger partial charge in [0.1, 0.15) is 0 Å². The van der Waals surface area contributed by atoms with Crippen molar-refractivity contribution in [3.63, 3.8) is 0 Å². The summed E-state index contributed by atoms with van der Waals surface area (Å²) in [6.07, 6.45) is -0.213. The molecule has 1 amide bonds. The maximum absolute atomic E-state index is 13.7. The third kappa shape index (κ3) is 4.33. The quantitative estimate of drug-likeness (QED) is 0.386. The number of benzene rings is 1. The molecule has 0 unspecified atom stereocenters. The molecule has 37 heavy (non-hydrogen) atoms. The van der Waals surface area contributed by atoms with Crippen molar-refractivity contribution in [3.05, 3.63) is 35.2 Å². The topological polar surface area (TPSA) is 106 Å². The number of carbonyl (C=O) groups is 1. The van der Waals surface area contributed by atoms with E-state index in [-0.39, 0.29) is 18.0 Å². The monoisotopic (exact) mass is 512 g/mol. The van der Waals surface area contributed by atoms with Gasteiger partial charge in [0.2, 0.25) is 5.91 Å². The first-order valence-electron chi connectivity index (χ1n) is 12.4. The van der Waals surface area contributed by atoms with Gasteiger partial charge in [0.15, 0.2) is 11.5 Å². The van der Waals surface area contributed by atoms with Gasteiger partial charge in [-0.05, 0) is 56.0 Å². The van der Waals surface area contributed by atoms with Gasteiger partial charge < -0.3 is 10.2 Å². The third-order valence-electron chi connectivity index (χ3n) is 7.38. The van der Waals surface area contributed by atoms with Gasteiger partial charge in [0, 0.05) is 37.8 Å². The van der Waals surface area contributed by atoms with Gasteiger partial charge in [-0.3, -0.25) is 19.9 Å². The van der Waals surface area contributed by atoms with Crippen molar-refractivity contribution in [2.75, 3.05) is 45.1 Å². The molecule has 6 rings (SSSR count). The highest BCUT2D eigenvalue weighted by Gasteiger charge is 2.38. The molecule has 3 aromatic heterocycles. The number of nitrogens with one attached hydrogen (secondary N) is 3. The van der Waals surface area contributed by atoms with Crippen molar-refractivity contribution in [1.82, 2.24) is 35.2 Å². The van der Waals surface area contributed by atoms with Crippen LogP contribution in [0.25, 0.3) is 33.1 Å². The Balaban J connectivity index is 1.44. The second-order valence-electron chi connectivity index (χ2n) is 9.85. The van der Waals surface area contributed by atoms with Crippen LogP contribution < -0.4 is 5.32 Å². The van der Waals surface area contributed by atoms with E-state index >= 15 is 0 Å². The minimum atomic E-state index is -4.59. The predicted octanol–water partition coefficient (Wildman–Crippen LogP) is 3.58. The molecule has 3 N–H and O–H groups in total. The van der Waals surface area contributed by atoms with E-state index in [9.17, 15) is 18.0 Å². The van der Waals surface area contributed by atoms with Crippen LogP contribution in [-0.4, -0.2) is 80.9 Å². The number of hydrogen-bond acceptors (Lipinski definition) is 6. The van der Waals surface area contributed by atoms with Crippen LogP contribution in [0, 0.1) is 0 Å². The van der Waals surface area contributed by atoms with Crippen LogP contribution in [0.5, 0.6) is 0 Å². The number of aryl methyl sites for hydroxylation is 1. The minimum Gasteiger partial charge on any atom is -0.308 e. The number of anilines is 1. The van der Waals surface area contributed by atoms with E-state index in [1.807, 2.05) is 0 Å². The number of likely N-dealkylation sites (N-methyl/N-ethyl adjacent to an activating group) is 1. The molecule has 0 saturated carbocycles. The molecule has 9 nitrogen and oxygen atoms in total. The van der Waals surface area contributed by atoms with E-state index in [1.165, 1.54) is 6.20 Å². The molecule has 194 valence electrons. The predicted molar refractivity (Wildman–Crippen MR) is 133 cm³/mol.